The Kier molecular flexibility index (Phi) is 9.16. The highest BCUT2D eigenvalue weighted by atomic mass is 32.2. The van der Waals surface area contributed by atoms with Crippen LogP contribution in [0.3, 0.4) is 0 Å². The summed E-state index contributed by atoms with van der Waals surface area (Å²) < 4.78 is 18.3. The number of methoxy groups -OCH3 is 2. The van der Waals surface area contributed by atoms with Gasteiger partial charge in [0, 0.05) is 49.6 Å². The first-order chi connectivity index (χ1) is 20.4. The van der Waals surface area contributed by atoms with E-state index in [-0.39, 0.29) is 17.9 Å². The summed E-state index contributed by atoms with van der Waals surface area (Å²) in [7, 11) is 3.11. The van der Waals surface area contributed by atoms with Crippen LogP contribution >= 0.6 is 11.8 Å². The Hall–Kier alpha value is -4.25. The third kappa shape index (κ3) is 6.30. The fourth-order valence-corrected chi connectivity index (χ4v) is 5.91. The average molecular weight is 590 g/mol. The number of carbonyl (C=O) groups is 2. The number of benzene rings is 2. The second-order valence-electron chi connectivity index (χ2n) is 10.2. The molecule has 42 heavy (non-hydrogen) atoms. The summed E-state index contributed by atoms with van der Waals surface area (Å²) in [6.45, 7) is 5.47. The van der Waals surface area contributed by atoms with E-state index >= 15 is 0 Å². The lowest BCUT2D eigenvalue weighted by Crippen LogP contribution is -2.55. The Morgan fingerprint density at radius 3 is 2.55 bits per heavy atom. The van der Waals surface area contributed by atoms with E-state index in [1.54, 1.807) is 48.2 Å². The second kappa shape index (κ2) is 13.2. The van der Waals surface area contributed by atoms with Gasteiger partial charge in [-0.25, -0.2) is 0 Å². The van der Waals surface area contributed by atoms with Gasteiger partial charge in [0.15, 0.2) is 10.9 Å². The maximum atomic E-state index is 13.3. The molecule has 1 saturated heterocycles. The largest absolute Gasteiger partial charge is 0.497 e. The minimum atomic E-state index is -0.121. The molecule has 1 aliphatic heterocycles. The van der Waals surface area contributed by atoms with Crippen LogP contribution in [0, 0.1) is 6.92 Å². The van der Waals surface area contributed by atoms with Crippen LogP contribution in [-0.4, -0.2) is 82.0 Å². The van der Waals surface area contributed by atoms with Crippen LogP contribution in [0.25, 0.3) is 17.3 Å². The van der Waals surface area contributed by atoms with Crippen molar-refractivity contribution in [1.82, 2.24) is 24.6 Å². The first-order valence-electron chi connectivity index (χ1n) is 13.9. The number of hydrogen-bond donors (Lipinski definition) is 0. The summed E-state index contributed by atoms with van der Waals surface area (Å²) in [5, 5.41) is 9.56. The molecule has 2 aromatic carbocycles. The Balaban J connectivity index is 1.16. The zero-order valence-corrected chi connectivity index (χ0v) is 25.1. The first kappa shape index (κ1) is 29.2. The van der Waals surface area contributed by atoms with Gasteiger partial charge in [0.2, 0.25) is 11.7 Å². The Morgan fingerprint density at radius 2 is 1.86 bits per heavy atom. The minimum absolute atomic E-state index is 0.0906. The predicted octanol–water partition coefficient (Wildman–Crippen LogP) is 5.10. The van der Waals surface area contributed by atoms with Gasteiger partial charge in [-0.05, 0) is 56.7 Å². The molecule has 4 aromatic rings. The molecular formula is C31H35N5O5S. The molecule has 0 radical (unpaired) electrons. The fourth-order valence-electron chi connectivity index (χ4n) is 5.02. The highest BCUT2D eigenvalue weighted by molar-refractivity contribution is 7.99. The van der Waals surface area contributed by atoms with Crippen LogP contribution in [0.15, 0.2) is 70.4 Å². The smallest absolute Gasteiger partial charge is 0.257 e. The molecule has 0 N–H and O–H groups in total. The Morgan fingerprint density at radius 1 is 1.05 bits per heavy atom. The maximum Gasteiger partial charge on any atom is 0.257 e. The lowest BCUT2D eigenvalue weighted by Gasteiger charge is -2.40. The molecule has 1 fully saturated rings. The number of aromatic nitrogens is 3. The van der Waals surface area contributed by atoms with E-state index in [9.17, 15) is 9.59 Å². The van der Waals surface area contributed by atoms with Gasteiger partial charge in [-0.3, -0.25) is 14.2 Å². The van der Waals surface area contributed by atoms with Gasteiger partial charge < -0.3 is 23.7 Å². The van der Waals surface area contributed by atoms with Gasteiger partial charge in [-0.15, -0.1) is 10.2 Å². The zero-order chi connectivity index (χ0) is 29.6. The molecule has 0 aliphatic carbocycles. The van der Waals surface area contributed by atoms with Crippen molar-refractivity contribution in [3.8, 4) is 28.8 Å². The molecule has 11 heteroatoms. The van der Waals surface area contributed by atoms with Crippen molar-refractivity contribution in [2.24, 2.45) is 0 Å². The molecule has 1 atom stereocenters. The van der Waals surface area contributed by atoms with Crippen LogP contribution in [0.1, 0.15) is 35.7 Å². The quantitative estimate of drug-likeness (QED) is 0.186. The predicted molar refractivity (Wildman–Crippen MR) is 160 cm³/mol. The summed E-state index contributed by atoms with van der Waals surface area (Å²) in [4.78, 5) is 30.1. The monoisotopic (exact) mass is 589 g/mol. The number of furan rings is 1. The van der Waals surface area contributed by atoms with Crippen molar-refractivity contribution in [3.05, 3.63) is 72.0 Å². The fraction of sp³-hybridized carbons (Fsp3) is 0.355. The molecule has 5 rings (SSSR count). The van der Waals surface area contributed by atoms with E-state index in [0.717, 1.165) is 10.8 Å². The normalized spacial score (nSPS) is 15.1. The zero-order valence-electron chi connectivity index (χ0n) is 24.3. The second-order valence-corrected chi connectivity index (χ2v) is 11.2. The van der Waals surface area contributed by atoms with Crippen molar-refractivity contribution < 1.29 is 23.5 Å². The molecule has 0 bridgehead atoms. The van der Waals surface area contributed by atoms with Gasteiger partial charge >= 0.3 is 0 Å². The minimum Gasteiger partial charge on any atom is -0.497 e. The van der Waals surface area contributed by atoms with Crippen LogP contribution < -0.4 is 9.47 Å². The van der Waals surface area contributed by atoms with Gasteiger partial charge in [-0.1, -0.05) is 29.5 Å². The molecule has 3 heterocycles. The van der Waals surface area contributed by atoms with Crippen LogP contribution in [-0.2, 0) is 4.79 Å². The summed E-state index contributed by atoms with van der Waals surface area (Å²) in [5.41, 5.74) is 2.60. The average Bonchev–Trinajstić information content (AvgIpc) is 3.69. The Labute approximate surface area is 249 Å². The number of amides is 2. The molecule has 2 amide bonds. The van der Waals surface area contributed by atoms with Gasteiger partial charge in [-0.2, -0.15) is 0 Å². The van der Waals surface area contributed by atoms with Crippen molar-refractivity contribution in [3.63, 3.8) is 0 Å². The SMILES string of the molecule is COc1ccc(C(=O)N2CCN(C(=O)CCCSc3nnc(-c4ccco4)n3-c3ccc(C)cc3)CC2C)c(OC)c1. The van der Waals surface area contributed by atoms with Crippen molar-refractivity contribution in [2.45, 2.75) is 37.9 Å². The number of aryl methyl sites for hydroxylation is 1. The summed E-state index contributed by atoms with van der Waals surface area (Å²) in [5.74, 6) is 3.05. The van der Waals surface area contributed by atoms with E-state index < -0.39 is 0 Å². The maximum absolute atomic E-state index is 13.3. The van der Waals surface area contributed by atoms with Crippen molar-refractivity contribution >= 4 is 23.6 Å². The van der Waals surface area contributed by atoms with Gasteiger partial charge in [0.25, 0.3) is 5.91 Å². The molecule has 1 aliphatic rings. The number of nitrogens with zero attached hydrogens (tertiary/aromatic N) is 5. The number of carbonyl (C=O) groups excluding carboxylic acids is 2. The van der Waals surface area contributed by atoms with Crippen LogP contribution in [0.5, 0.6) is 11.5 Å². The number of piperazine rings is 1. The van der Waals surface area contributed by atoms with Crippen molar-refractivity contribution in [2.75, 3.05) is 39.6 Å². The lowest BCUT2D eigenvalue weighted by molar-refractivity contribution is -0.133. The third-order valence-electron chi connectivity index (χ3n) is 7.31. The third-order valence-corrected chi connectivity index (χ3v) is 8.33. The summed E-state index contributed by atoms with van der Waals surface area (Å²) >= 11 is 1.56. The highest BCUT2D eigenvalue weighted by Gasteiger charge is 2.31. The first-order valence-corrected chi connectivity index (χ1v) is 14.9. The molecular weight excluding hydrogens is 554 g/mol. The van der Waals surface area contributed by atoms with Crippen LogP contribution in [0.2, 0.25) is 0 Å². The van der Waals surface area contributed by atoms with E-state index in [0.29, 0.717) is 66.9 Å². The topological polar surface area (TPSA) is 103 Å². The van der Waals surface area contributed by atoms with Crippen LogP contribution in [0.4, 0.5) is 0 Å². The summed E-state index contributed by atoms with van der Waals surface area (Å²) in [6, 6.07) is 16.9. The molecule has 220 valence electrons. The van der Waals surface area contributed by atoms with E-state index in [1.165, 1.54) is 12.7 Å². The van der Waals surface area contributed by atoms with E-state index in [2.05, 4.69) is 22.3 Å². The lowest BCUT2D eigenvalue weighted by atomic mass is 10.1. The molecule has 0 saturated carbocycles. The number of hydrogen-bond acceptors (Lipinski definition) is 8. The Bertz CT molecular complexity index is 1520. The molecule has 10 nitrogen and oxygen atoms in total. The summed E-state index contributed by atoms with van der Waals surface area (Å²) in [6.07, 6.45) is 2.73. The standard InChI is InChI=1S/C31H35N5O5S/c1-21-9-11-23(12-10-21)36-29(26-7-5-17-41-26)32-33-31(36)42-18-6-8-28(37)34-15-16-35(22(2)20-34)30(38)25-14-13-24(39-3)19-27(25)40-4/h5,7,9-14,17,19,22H,6,8,15-16,18,20H2,1-4H3. The van der Waals surface area contributed by atoms with E-state index in [4.69, 9.17) is 13.9 Å². The number of thioether (sulfide) groups is 1. The van der Waals surface area contributed by atoms with Gasteiger partial charge in [0.1, 0.15) is 11.5 Å². The van der Waals surface area contributed by atoms with E-state index in [1.807, 2.05) is 47.6 Å². The molecule has 2 aromatic heterocycles. The molecule has 0 spiro atoms. The highest BCUT2D eigenvalue weighted by Crippen LogP contribution is 2.30. The number of ether oxygens (including phenoxy) is 2. The molecule has 1 unspecified atom stereocenters. The number of rotatable bonds is 10. The van der Waals surface area contributed by atoms with Gasteiger partial charge in [0.05, 0.1) is 26.0 Å². The van der Waals surface area contributed by atoms with Crippen molar-refractivity contribution in [1.29, 1.82) is 0 Å².